The second kappa shape index (κ2) is 6.45. The van der Waals surface area contributed by atoms with Gasteiger partial charge in [-0.2, -0.15) is 0 Å². The normalized spacial score (nSPS) is 17.8. The molecule has 1 fully saturated rings. The Kier molecular flexibility index (Phi) is 4.35. The van der Waals surface area contributed by atoms with Crippen molar-refractivity contribution >= 4 is 5.91 Å². The number of nitrogens with zero attached hydrogens (tertiary/aromatic N) is 3. The van der Waals surface area contributed by atoms with Crippen LogP contribution in [-0.4, -0.2) is 39.6 Å². The number of piperazine rings is 1. The molecule has 1 aliphatic heterocycles. The van der Waals surface area contributed by atoms with Crippen LogP contribution in [0.5, 0.6) is 0 Å². The van der Waals surface area contributed by atoms with Gasteiger partial charge in [0.1, 0.15) is 5.69 Å². The Morgan fingerprint density at radius 2 is 1.83 bits per heavy atom. The molecule has 24 heavy (non-hydrogen) atoms. The van der Waals surface area contributed by atoms with Crippen molar-refractivity contribution in [1.82, 2.24) is 19.4 Å². The zero-order valence-corrected chi connectivity index (χ0v) is 13.7. The van der Waals surface area contributed by atoms with Gasteiger partial charge in [-0.3, -0.25) is 18.7 Å². The number of rotatable bonds is 2. The number of hydrogen-bond donors (Lipinski definition) is 1. The maximum Gasteiger partial charge on any atom is 0.331 e. The van der Waals surface area contributed by atoms with E-state index >= 15 is 0 Å². The first kappa shape index (κ1) is 16.2. The number of hydrogen-bond acceptors (Lipinski definition) is 4. The first-order valence-electron chi connectivity index (χ1n) is 7.84. The molecular weight excluding hydrogens is 308 g/mol. The summed E-state index contributed by atoms with van der Waals surface area (Å²) in [7, 11) is 2.91. The second-order valence-electron chi connectivity index (χ2n) is 5.90. The predicted molar refractivity (Wildman–Crippen MR) is 90.0 cm³/mol. The summed E-state index contributed by atoms with van der Waals surface area (Å²) in [5.41, 5.74) is 0.155. The smallest absolute Gasteiger partial charge is 0.328 e. The molecule has 2 aromatic rings. The van der Waals surface area contributed by atoms with E-state index in [0.29, 0.717) is 19.6 Å². The molecule has 1 N–H and O–H groups in total. The minimum Gasteiger partial charge on any atom is -0.328 e. The van der Waals surface area contributed by atoms with E-state index in [1.165, 1.54) is 24.7 Å². The molecule has 1 aromatic carbocycles. The third-order valence-electron chi connectivity index (χ3n) is 4.43. The Morgan fingerprint density at radius 3 is 2.54 bits per heavy atom. The van der Waals surface area contributed by atoms with Gasteiger partial charge in [-0.25, -0.2) is 4.79 Å². The molecule has 126 valence electrons. The van der Waals surface area contributed by atoms with E-state index in [1.807, 2.05) is 30.3 Å². The molecule has 1 aliphatic rings. The van der Waals surface area contributed by atoms with E-state index in [1.54, 1.807) is 4.90 Å². The van der Waals surface area contributed by atoms with Crippen LogP contribution in [0.4, 0.5) is 0 Å². The van der Waals surface area contributed by atoms with Crippen molar-refractivity contribution < 1.29 is 4.79 Å². The van der Waals surface area contributed by atoms with Gasteiger partial charge < -0.3 is 10.2 Å². The van der Waals surface area contributed by atoms with Gasteiger partial charge in [0.05, 0.1) is 6.04 Å². The standard InChI is InChI=1S/C17H20N4O3/c1-19-13(10-15(22)20(2)17(19)24)16(23)21-9-8-18-11-14(21)12-6-4-3-5-7-12/h3-7,10,14,18H,8-9,11H2,1-2H3. The Bertz CT molecular complexity index is 870. The number of amides is 1. The molecule has 1 amide bonds. The fourth-order valence-electron chi connectivity index (χ4n) is 3.01. The zero-order chi connectivity index (χ0) is 17.3. The average molecular weight is 328 g/mol. The molecule has 0 radical (unpaired) electrons. The van der Waals surface area contributed by atoms with Gasteiger partial charge in [-0.1, -0.05) is 30.3 Å². The molecule has 0 spiro atoms. The van der Waals surface area contributed by atoms with Crippen LogP contribution in [-0.2, 0) is 14.1 Å². The van der Waals surface area contributed by atoms with Gasteiger partial charge in [0, 0.05) is 39.8 Å². The minimum absolute atomic E-state index is 0.117. The van der Waals surface area contributed by atoms with Crippen LogP contribution < -0.4 is 16.6 Å². The molecule has 0 bridgehead atoms. The van der Waals surface area contributed by atoms with Crippen molar-refractivity contribution in [3.05, 3.63) is 68.5 Å². The first-order chi connectivity index (χ1) is 11.5. The molecule has 3 rings (SSSR count). The summed E-state index contributed by atoms with van der Waals surface area (Å²) in [5.74, 6) is -0.303. The average Bonchev–Trinajstić information content (AvgIpc) is 2.63. The fourth-order valence-corrected chi connectivity index (χ4v) is 3.01. The van der Waals surface area contributed by atoms with Gasteiger partial charge in [0.2, 0.25) is 0 Å². The Hall–Kier alpha value is -2.67. The lowest BCUT2D eigenvalue weighted by Crippen LogP contribution is -2.50. The highest BCUT2D eigenvalue weighted by atomic mass is 16.2. The van der Waals surface area contributed by atoms with Crippen molar-refractivity contribution in [2.45, 2.75) is 6.04 Å². The quantitative estimate of drug-likeness (QED) is 0.833. The maximum atomic E-state index is 13.0. The summed E-state index contributed by atoms with van der Waals surface area (Å²) in [4.78, 5) is 38.7. The summed E-state index contributed by atoms with van der Waals surface area (Å²) < 4.78 is 2.22. The molecular formula is C17H20N4O3. The van der Waals surface area contributed by atoms with Crippen molar-refractivity contribution in [2.24, 2.45) is 14.1 Å². The van der Waals surface area contributed by atoms with Crippen molar-refractivity contribution in [1.29, 1.82) is 0 Å². The second-order valence-corrected chi connectivity index (χ2v) is 5.90. The van der Waals surface area contributed by atoms with Crippen molar-refractivity contribution in [2.75, 3.05) is 19.6 Å². The van der Waals surface area contributed by atoms with Crippen LogP contribution in [0.3, 0.4) is 0 Å². The van der Waals surface area contributed by atoms with E-state index < -0.39 is 11.2 Å². The monoisotopic (exact) mass is 328 g/mol. The summed E-state index contributed by atoms with van der Waals surface area (Å²) in [6.45, 7) is 1.82. The van der Waals surface area contributed by atoms with Crippen LogP contribution in [0.15, 0.2) is 46.0 Å². The van der Waals surface area contributed by atoms with Crippen LogP contribution in [0.25, 0.3) is 0 Å². The van der Waals surface area contributed by atoms with Crippen molar-refractivity contribution in [3.8, 4) is 0 Å². The highest BCUT2D eigenvalue weighted by Gasteiger charge is 2.30. The van der Waals surface area contributed by atoms with Crippen LogP contribution >= 0.6 is 0 Å². The van der Waals surface area contributed by atoms with Crippen LogP contribution in [0.1, 0.15) is 22.1 Å². The topological polar surface area (TPSA) is 76.3 Å². The third-order valence-corrected chi connectivity index (χ3v) is 4.43. The maximum absolute atomic E-state index is 13.0. The van der Waals surface area contributed by atoms with Gasteiger partial charge in [-0.05, 0) is 5.56 Å². The molecule has 1 unspecified atom stereocenters. The summed E-state index contributed by atoms with van der Waals surface area (Å²) in [5, 5.41) is 3.29. The SMILES string of the molecule is Cn1c(C(=O)N2CCNCC2c2ccccc2)cc(=O)n(C)c1=O. The van der Waals surface area contributed by atoms with E-state index in [-0.39, 0.29) is 17.6 Å². The highest BCUT2D eigenvalue weighted by molar-refractivity contribution is 5.92. The number of aromatic nitrogens is 2. The third kappa shape index (κ3) is 2.78. The molecule has 2 heterocycles. The molecule has 7 heteroatoms. The van der Waals surface area contributed by atoms with Crippen LogP contribution in [0, 0.1) is 0 Å². The lowest BCUT2D eigenvalue weighted by Gasteiger charge is -2.36. The Labute approximate surface area is 139 Å². The van der Waals surface area contributed by atoms with E-state index in [4.69, 9.17) is 0 Å². The Balaban J connectivity index is 2.02. The molecule has 0 saturated carbocycles. The van der Waals surface area contributed by atoms with Crippen LogP contribution in [0.2, 0.25) is 0 Å². The molecule has 1 atom stereocenters. The molecule has 1 saturated heterocycles. The van der Waals surface area contributed by atoms with E-state index in [9.17, 15) is 14.4 Å². The Morgan fingerprint density at radius 1 is 1.12 bits per heavy atom. The summed E-state index contributed by atoms with van der Waals surface area (Å²) >= 11 is 0. The zero-order valence-electron chi connectivity index (χ0n) is 13.7. The summed E-state index contributed by atoms with van der Waals surface area (Å²) in [6.07, 6.45) is 0. The summed E-state index contributed by atoms with van der Waals surface area (Å²) in [6, 6.07) is 10.8. The molecule has 0 aliphatic carbocycles. The van der Waals surface area contributed by atoms with Crippen molar-refractivity contribution in [3.63, 3.8) is 0 Å². The fraction of sp³-hybridized carbons (Fsp3) is 0.353. The van der Waals surface area contributed by atoms with Gasteiger partial charge >= 0.3 is 5.69 Å². The van der Waals surface area contributed by atoms with Gasteiger partial charge in [0.25, 0.3) is 11.5 Å². The number of nitrogens with one attached hydrogen (secondary N) is 1. The number of carbonyl (C=O) groups excluding carboxylic acids is 1. The first-order valence-corrected chi connectivity index (χ1v) is 7.84. The lowest BCUT2D eigenvalue weighted by atomic mass is 10.0. The van der Waals surface area contributed by atoms with Gasteiger partial charge in [0.15, 0.2) is 0 Å². The van der Waals surface area contributed by atoms with E-state index in [2.05, 4.69) is 5.32 Å². The molecule has 7 nitrogen and oxygen atoms in total. The van der Waals surface area contributed by atoms with Gasteiger partial charge in [-0.15, -0.1) is 0 Å². The minimum atomic E-state index is -0.503. The number of carbonyl (C=O) groups is 1. The highest BCUT2D eigenvalue weighted by Crippen LogP contribution is 2.23. The lowest BCUT2D eigenvalue weighted by molar-refractivity contribution is 0.0622. The van der Waals surface area contributed by atoms with E-state index in [0.717, 1.165) is 10.1 Å². The molecule has 1 aromatic heterocycles. The predicted octanol–water partition coefficient (Wildman–Crippen LogP) is -0.129. The number of benzene rings is 1. The largest absolute Gasteiger partial charge is 0.331 e.